The molecule has 0 saturated heterocycles. The van der Waals surface area contributed by atoms with E-state index in [0.717, 1.165) is 10.9 Å². The van der Waals surface area contributed by atoms with Crippen LogP contribution in [0.2, 0.25) is 0 Å². The summed E-state index contributed by atoms with van der Waals surface area (Å²) in [5.41, 5.74) is 0.885. The molecule has 0 amide bonds. The highest BCUT2D eigenvalue weighted by Crippen LogP contribution is 2.35. The van der Waals surface area contributed by atoms with Crippen LogP contribution in [0.25, 0.3) is 21.7 Å². The van der Waals surface area contributed by atoms with Gasteiger partial charge in [-0.15, -0.1) is 0 Å². The summed E-state index contributed by atoms with van der Waals surface area (Å²) >= 11 is 0. The highest BCUT2D eigenvalue weighted by Gasteiger charge is 2.15. The fourth-order valence-electron chi connectivity index (χ4n) is 2.64. The van der Waals surface area contributed by atoms with Crippen molar-refractivity contribution in [3.8, 4) is 11.5 Å². The standard InChI is InChI=1S/C18H11N3O3/c22-21(23)17-5-6-18(14-7-9-19-11-15(14)17)24-13-3-4-16-12(10-13)2-1-8-20-16/h1-11H. The number of benzene rings is 2. The number of aromatic nitrogens is 2. The molecule has 4 rings (SSSR count). The van der Waals surface area contributed by atoms with Crippen molar-refractivity contribution in [1.82, 2.24) is 9.97 Å². The first-order valence-corrected chi connectivity index (χ1v) is 7.26. The molecular weight excluding hydrogens is 306 g/mol. The molecule has 6 nitrogen and oxygen atoms in total. The van der Waals surface area contributed by atoms with Gasteiger partial charge in [0.25, 0.3) is 5.69 Å². The molecule has 0 radical (unpaired) electrons. The molecule has 2 heterocycles. The summed E-state index contributed by atoms with van der Waals surface area (Å²) in [5, 5.41) is 13.2. The van der Waals surface area contributed by atoms with Gasteiger partial charge in [-0.05, 0) is 36.4 Å². The Balaban J connectivity index is 1.81. The van der Waals surface area contributed by atoms with E-state index in [1.807, 2.05) is 30.3 Å². The number of hydrogen-bond donors (Lipinski definition) is 0. The molecule has 0 unspecified atom stereocenters. The molecule has 0 aliphatic rings. The van der Waals surface area contributed by atoms with Crippen molar-refractivity contribution in [1.29, 1.82) is 0 Å². The molecule has 0 N–H and O–H groups in total. The Kier molecular flexibility index (Phi) is 3.28. The van der Waals surface area contributed by atoms with Gasteiger partial charge in [0, 0.05) is 35.4 Å². The zero-order valence-corrected chi connectivity index (χ0v) is 12.4. The van der Waals surface area contributed by atoms with E-state index in [1.54, 1.807) is 24.5 Å². The lowest BCUT2D eigenvalue weighted by molar-refractivity contribution is -0.383. The average molecular weight is 317 g/mol. The molecule has 0 fully saturated rings. The van der Waals surface area contributed by atoms with Crippen LogP contribution in [0.15, 0.2) is 67.1 Å². The Morgan fingerprint density at radius 1 is 1.00 bits per heavy atom. The van der Waals surface area contributed by atoms with E-state index in [2.05, 4.69) is 9.97 Å². The number of nitro groups is 1. The minimum Gasteiger partial charge on any atom is -0.457 e. The monoisotopic (exact) mass is 317 g/mol. The van der Waals surface area contributed by atoms with Crippen LogP contribution in [0.3, 0.4) is 0 Å². The third-order valence-corrected chi connectivity index (χ3v) is 3.75. The number of nitro benzene ring substituents is 1. The molecule has 116 valence electrons. The van der Waals surface area contributed by atoms with Crippen LogP contribution < -0.4 is 4.74 Å². The first-order chi connectivity index (χ1) is 11.7. The number of ether oxygens (including phenoxy) is 1. The number of non-ortho nitro benzene ring substituents is 1. The van der Waals surface area contributed by atoms with Gasteiger partial charge in [0.15, 0.2) is 0 Å². The quantitative estimate of drug-likeness (QED) is 0.411. The Bertz CT molecular complexity index is 1080. The lowest BCUT2D eigenvalue weighted by atomic mass is 10.1. The second-order valence-corrected chi connectivity index (χ2v) is 5.22. The predicted molar refractivity (Wildman–Crippen MR) is 90.2 cm³/mol. The van der Waals surface area contributed by atoms with Crippen LogP contribution in [0.5, 0.6) is 11.5 Å². The molecule has 2 aromatic heterocycles. The van der Waals surface area contributed by atoms with Gasteiger partial charge in [0.2, 0.25) is 0 Å². The molecule has 4 aromatic rings. The van der Waals surface area contributed by atoms with Crippen LogP contribution >= 0.6 is 0 Å². The second kappa shape index (κ2) is 5.58. The van der Waals surface area contributed by atoms with Gasteiger partial charge in [-0.25, -0.2) is 0 Å². The smallest absolute Gasteiger partial charge is 0.279 e. The molecule has 0 aliphatic carbocycles. The van der Waals surface area contributed by atoms with E-state index in [4.69, 9.17) is 4.74 Å². The number of fused-ring (bicyclic) bond motifs is 2. The molecule has 6 heteroatoms. The molecule has 24 heavy (non-hydrogen) atoms. The third kappa shape index (κ3) is 2.40. The normalized spacial score (nSPS) is 10.8. The van der Waals surface area contributed by atoms with Gasteiger partial charge in [-0.1, -0.05) is 6.07 Å². The third-order valence-electron chi connectivity index (χ3n) is 3.75. The maximum Gasteiger partial charge on any atom is 0.279 e. The minimum atomic E-state index is -0.421. The summed E-state index contributed by atoms with van der Waals surface area (Å²) in [6, 6.07) is 14.1. The van der Waals surface area contributed by atoms with Gasteiger partial charge < -0.3 is 4.74 Å². The van der Waals surface area contributed by atoms with Crippen molar-refractivity contribution < 1.29 is 9.66 Å². The first-order valence-electron chi connectivity index (χ1n) is 7.26. The van der Waals surface area contributed by atoms with Gasteiger partial charge in [0.1, 0.15) is 11.5 Å². The number of nitrogens with zero attached hydrogens (tertiary/aromatic N) is 3. The van der Waals surface area contributed by atoms with E-state index in [1.165, 1.54) is 12.3 Å². The summed E-state index contributed by atoms with van der Waals surface area (Å²) < 4.78 is 5.96. The molecule has 2 aromatic carbocycles. The molecule has 0 atom stereocenters. The first kappa shape index (κ1) is 14.1. The van der Waals surface area contributed by atoms with Gasteiger partial charge >= 0.3 is 0 Å². The maximum absolute atomic E-state index is 11.2. The predicted octanol–water partition coefficient (Wildman–Crippen LogP) is 4.48. The van der Waals surface area contributed by atoms with Crippen molar-refractivity contribution in [3.63, 3.8) is 0 Å². The summed E-state index contributed by atoms with van der Waals surface area (Å²) in [4.78, 5) is 19.0. The van der Waals surface area contributed by atoms with Crippen LogP contribution in [-0.2, 0) is 0 Å². The van der Waals surface area contributed by atoms with E-state index in [0.29, 0.717) is 22.3 Å². The Morgan fingerprint density at radius 3 is 2.79 bits per heavy atom. The van der Waals surface area contributed by atoms with Crippen molar-refractivity contribution in [2.24, 2.45) is 0 Å². The fraction of sp³-hybridized carbons (Fsp3) is 0. The van der Waals surface area contributed by atoms with E-state index in [9.17, 15) is 10.1 Å². The summed E-state index contributed by atoms with van der Waals surface area (Å²) in [6.45, 7) is 0. The Hall–Kier alpha value is -3.54. The zero-order chi connectivity index (χ0) is 16.5. The van der Waals surface area contributed by atoms with Crippen LogP contribution in [-0.4, -0.2) is 14.9 Å². The van der Waals surface area contributed by atoms with Crippen LogP contribution in [0, 0.1) is 10.1 Å². The van der Waals surface area contributed by atoms with Crippen LogP contribution in [0.4, 0.5) is 5.69 Å². The van der Waals surface area contributed by atoms with E-state index >= 15 is 0 Å². The molecule has 0 bridgehead atoms. The molecule has 0 spiro atoms. The Morgan fingerprint density at radius 2 is 1.92 bits per heavy atom. The minimum absolute atomic E-state index is 0.00756. The Labute approximate surface area is 136 Å². The molecule has 0 saturated carbocycles. The van der Waals surface area contributed by atoms with E-state index < -0.39 is 4.92 Å². The molecular formula is C18H11N3O3. The lowest BCUT2D eigenvalue weighted by Gasteiger charge is -2.09. The van der Waals surface area contributed by atoms with Crippen molar-refractivity contribution in [2.75, 3.05) is 0 Å². The van der Waals surface area contributed by atoms with Crippen molar-refractivity contribution in [2.45, 2.75) is 0 Å². The van der Waals surface area contributed by atoms with Gasteiger partial charge in [-0.2, -0.15) is 0 Å². The fourth-order valence-corrected chi connectivity index (χ4v) is 2.64. The lowest BCUT2D eigenvalue weighted by Crippen LogP contribution is -1.93. The number of rotatable bonds is 3. The number of pyridine rings is 2. The largest absolute Gasteiger partial charge is 0.457 e. The van der Waals surface area contributed by atoms with Crippen LogP contribution in [0.1, 0.15) is 0 Å². The summed E-state index contributed by atoms with van der Waals surface area (Å²) in [6.07, 6.45) is 4.80. The highest BCUT2D eigenvalue weighted by molar-refractivity contribution is 5.95. The van der Waals surface area contributed by atoms with Crippen molar-refractivity contribution >= 4 is 27.4 Å². The SMILES string of the molecule is O=[N+]([O-])c1ccc(Oc2ccc3ncccc3c2)c2ccncc12. The summed E-state index contributed by atoms with van der Waals surface area (Å²) in [7, 11) is 0. The van der Waals surface area contributed by atoms with Gasteiger partial charge in [0.05, 0.1) is 15.8 Å². The second-order valence-electron chi connectivity index (χ2n) is 5.22. The average Bonchev–Trinajstić information content (AvgIpc) is 2.61. The molecule has 0 aliphatic heterocycles. The maximum atomic E-state index is 11.2. The number of hydrogen-bond acceptors (Lipinski definition) is 5. The topological polar surface area (TPSA) is 78.2 Å². The van der Waals surface area contributed by atoms with Crippen molar-refractivity contribution in [3.05, 3.63) is 77.2 Å². The highest BCUT2D eigenvalue weighted by atomic mass is 16.6. The van der Waals surface area contributed by atoms with Gasteiger partial charge in [-0.3, -0.25) is 20.1 Å². The summed E-state index contributed by atoms with van der Waals surface area (Å²) in [5.74, 6) is 1.18. The van der Waals surface area contributed by atoms with E-state index in [-0.39, 0.29) is 5.69 Å². The zero-order valence-electron chi connectivity index (χ0n) is 12.4.